The van der Waals surface area contributed by atoms with Gasteiger partial charge in [0, 0.05) is 23.3 Å². The van der Waals surface area contributed by atoms with E-state index < -0.39 is 0 Å². The summed E-state index contributed by atoms with van der Waals surface area (Å²) in [4.78, 5) is 28.2. The van der Waals surface area contributed by atoms with Crippen molar-refractivity contribution in [3.05, 3.63) is 83.2 Å². The van der Waals surface area contributed by atoms with Gasteiger partial charge in [-0.05, 0) is 67.4 Å². The first-order valence-electron chi connectivity index (χ1n) is 8.76. The lowest BCUT2D eigenvalue weighted by Crippen LogP contribution is -2.14. The zero-order valence-electron chi connectivity index (χ0n) is 15.9. The molecule has 0 fully saturated rings. The molecule has 0 aliphatic heterocycles. The van der Waals surface area contributed by atoms with Crippen LogP contribution in [0.15, 0.2) is 60.8 Å². The minimum Gasteiger partial charge on any atom is -0.465 e. The van der Waals surface area contributed by atoms with Crippen LogP contribution in [0.4, 0.5) is 17.1 Å². The van der Waals surface area contributed by atoms with E-state index in [2.05, 4.69) is 20.4 Å². The Hall–Kier alpha value is -3.67. The number of aromatic nitrogens is 1. The second-order valence-electron chi connectivity index (χ2n) is 6.40. The molecular formula is C22H21N3O3. The Labute approximate surface area is 163 Å². The number of carbonyl (C=O) groups is 2. The third kappa shape index (κ3) is 4.54. The van der Waals surface area contributed by atoms with Crippen LogP contribution >= 0.6 is 0 Å². The molecule has 1 aromatic heterocycles. The number of pyridine rings is 1. The number of hydrogen-bond acceptors (Lipinski definition) is 5. The molecule has 0 aliphatic carbocycles. The van der Waals surface area contributed by atoms with Crippen LogP contribution in [0, 0.1) is 13.8 Å². The Bertz CT molecular complexity index is 1010. The van der Waals surface area contributed by atoms with E-state index in [1.54, 1.807) is 42.6 Å². The Kier molecular flexibility index (Phi) is 5.69. The molecule has 0 bridgehead atoms. The van der Waals surface area contributed by atoms with Gasteiger partial charge in [-0.3, -0.25) is 9.78 Å². The van der Waals surface area contributed by atoms with Gasteiger partial charge in [0.15, 0.2) is 0 Å². The van der Waals surface area contributed by atoms with Crippen LogP contribution in [0.3, 0.4) is 0 Å². The molecular weight excluding hydrogens is 354 g/mol. The molecule has 0 atom stereocenters. The fourth-order valence-electron chi connectivity index (χ4n) is 2.66. The second-order valence-corrected chi connectivity index (χ2v) is 6.40. The number of amides is 1. The number of methoxy groups -OCH3 is 1. The van der Waals surface area contributed by atoms with Crippen molar-refractivity contribution in [2.24, 2.45) is 0 Å². The topological polar surface area (TPSA) is 80.3 Å². The molecule has 0 saturated heterocycles. The Balaban J connectivity index is 1.74. The van der Waals surface area contributed by atoms with E-state index in [9.17, 15) is 9.59 Å². The average molecular weight is 375 g/mol. The van der Waals surface area contributed by atoms with Crippen LogP contribution in [-0.2, 0) is 4.74 Å². The maximum Gasteiger partial charge on any atom is 0.337 e. The fraction of sp³-hybridized carbons (Fsp3) is 0.136. The third-order valence-corrected chi connectivity index (χ3v) is 4.23. The van der Waals surface area contributed by atoms with Gasteiger partial charge < -0.3 is 15.4 Å². The molecule has 0 unspecified atom stereocenters. The minimum absolute atomic E-state index is 0.279. The third-order valence-electron chi connectivity index (χ3n) is 4.23. The van der Waals surface area contributed by atoms with Crippen molar-refractivity contribution < 1.29 is 14.3 Å². The molecule has 0 saturated carbocycles. The van der Waals surface area contributed by atoms with E-state index >= 15 is 0 Å². The van der Waals surface area contributed by atoms with Gasteiger partial charge in [0.2, 0.25) is 0 Å². The highest BCUT2D eigenvalue weighted by atomic mass is 16.5. The molecule has 3 rings (SSSR count). The van der Waals surface area contributed by atoms with Gasteiger partial charge in [-0.25, -0.2) is 4.79 Å². The van der Waals surface area contributed by atoms with E-state index in [1.807, 2.05) is 32.0 Å². The van der Waals surface area contributed by atoms with Crippen LogP contribution < -0.4 is 10.6 Å². The van der Waals surface area contributed by atoms with Crippen molar-refractivity contribution in [1.29, 1.82) is 0 Å². The lowest BCUT2D eigenvalue weighted by atomic mass is 10.1. The van der Waals surface area contributed by atoms with E-state index in [-0.39, 0.29) is 11.9 Å². The van der Waals surface area contributed by atoms with Crippen LogP contribution in [0.5, 0.6) is 0 Å². The molecule has 0 aliphatic rings. The van der Waals surface area contributed by atoms with Gasteiger partial charge in [-0.15, -0.1) is 0 Å². The Morgan fingerprint density at radius 3 is 2.39 bits per heavy atom. The molecule has 2 aromatic carbocycles. The minimum atomic E-state index is -0.388. The van der Waals surface area contributed by atoms with E-state index in [1.165, 1.54) is 7.11 Å². The molecule has 0 radical (unpaired) electrons. The molecule has 1 amide bonds. The van der Waals surface area contributed by atoms with Crippen LogP contribution in [0.25, 0.3) is 0 Å². The summed E-state index contributed by atoms with van der Waals surface area (Å²) in [5.41, 5.74) is 5.09. The van der Waals surface area contributed by atoms with Crippen LogP contribution in [-0.4, -0.2) is 24.0 Å². The SMILES string of the molecule is COC(=O)c1ccc(Nc2ccnc(C(=O)Nc3cc(C)ccc3C)c2)cc1. The molecule has 28 heavy (non-hydrogen) atoms. The monoisotopic (exact) mass is 375 g/mol. The van der Waals surface area contributed by atoms with Gasteiger partial charge in [-0.2, -0.15) is 0 Å². The van der Waals surface area contributed by atoms with Crippen LogP contribution in [0.2, 0.25) is 0 Å². The van der Waals surface area contributed by atoms with E-state index in [4.69, 9.17) is 0 Å². The summed E-state index contributed by atoms with van der Waals surface area (Å²) in [6, 6.07) is 16.2. The summed E-state index contributed by atoms with van der Waals surface area (Å²) < 4.78 is 4.69. The van der Waals surface area contributed by atoms with Crippen molar-refractivity contribution in [2.75, 3.05) is 17.7 Å². The first-order chi connectivity index (χ1) is 13.5. The first kappa shape index (κ1) is 19.1. The van der Waals surface area contributed by atoms with Gasteiger partial charge >= 0.3 is 5.97 Å². The predicted molar refractivity (Wildman–Crippen MR) is 109 cm³/mol. The van der Waals surface area contributed by atoms with Gasteiger partial charge in [0.05, 0.1) is 12.7 Å². The van der Waals surface area contributed by atoms with Crippen molar-refractivity contribution >= 4 is 28.9 Å². The maximum absolute atomic E-state index is 12.6. The van der Waals surface area contributed by atoms with Gasteiger partial charge in [-0.1, -0.05) is 12.1 Å². The first-order valence-corrected chi connectivity index (χ1v) is 8.76. The smallest absolute Gasteiger partial charge is 0.337 e. The number of hydrogen-bond donors (Lipinski definition) is 2. The quantitative estimate of drug-likeness (QED) is 0.643. The second kappa shape index (κ2) is 8.35. The summed E-state index contributed by atoms with van der Waals surface area (Å²) in [7, 11) is 1.34. The fourth-order valence-corrected chi connectivity index (χ4v) is 2.66. The highest BCUT2D eigenvalue weighted by molar-refractivity contribution is 6.03. The summed E-state index contributed by atoms with van der Waals surface area (Å²) in [6.07, 6.45) is 1.57. The molecule has 1 heterocycles. The predicted octanol–water partition coefficient (Wildman–Crippen LogP) is 4.48. The normalized spacial score (nSPS) is 10.2. The van der Waals surface area contributed by atoms with Crippen molar-refractivity contribution in [3.8, 4) is 0 Å². The highest BCUT2D eigenvalue weighted by Crippen LogP contribution is 2.20. The summed E-state index contributed by atoms with van der Waals surface area (Å²) in [5, 5.41) is 6.10. The highest BCUT2D eigenvalue weighted by Gasteiger charge is 2.11. The average Bonchev–Trinajstić information content (AvgIpc) is 2.71. The lowest BCUT2D eigenvalue weighted by molar-refractivity contribution is 0.0600. The molecule has 142 valence electrons. The van der Waals surface area contributed by atoms with Crippen molar-refractivity contribution in [1.82, 2.24) is 4.98 Å². The molecule has 3 aromatic rings. The Morgan fingerprint density at radius 1 is 0.929 bits per heavy atom. The number of nitrogens with zero attached hydrogens (tertiary/aromatic N) is 1. The van der Waals surface area contributed by atoms with Gasteiger partial charge in [0.25, 0.3) is 5.91 Å². The number of esters is 1. The number of nitrogens with one attached hydrogen (secondary N) is 2. The standard InChI is InChI=1S/C22H21N3O3/c1-14-4-5-15(2)19(12-14)25-21(26)20-13-18(10-11-23-20)24-17-8-6-16(7-9-17)22(27)28-3/h4-13H,1-3H3,(H,23,24)(H,25,26). The van der Waals surface area contributed by atoms with E-state index in [0.29, 0.717) is 16.9 Å². The van der Waals surface area contributed by atoms with Crippen molar-refractivity contribution in [2.45, 2.75) is 13.8 Å². The maximum atomic E-state index is 12.6. The molecule has 6 heteroatoms. The zero-order chi connectivity index (χ0) is 20.1. The van der Waals surface area contributed by atoms with E-state index in [0.717, 1.165) is 22.5 Å². The summed E-state index contributed by atoms with van der Waals surface area (Å²) >= 11 is 0. The lowest BCUT2D eigenvalue weighted by Gasteiger charge is -2.11. The summed E-state index contributed by atoms with van der Waals surface area (Å²) in [6.45, 7) is 3.92. The van der Waals surface area contributed by atoms with Gasteiger partial charge in [0.1, 0.15) is 5.69 Å². The largest absolute Gasteiger partial charge is 0.465 e. The molecule has 0 spiro atoms. The number of benzene rings is 2. The number of aryl methyl sites for hydroxylation is 2. The van der Waals surface area contributed by atoms with Crippen molar-refractivity contribution in [3.63, 3.8) is 0 Å². The zero-order valence-corrected chi connectivity index (χ0v) is 15.9. The number of carbonyl (C=O) groups excluding carboxylic acids is 2. The summed E-state index contributed by atoms with van der Waals surface area (Å²) in [5.74, 6) is -0.667. The van der Waals surface area contributed by atoms with Crippen LogP contribution in [0.1, 0.15) is 32.0 Å². The number of ether oxygens (including phenoxy) is 1. The molecule has 6 nitrogen and oxygen atoms in total. The number of anilines is 3. The molecule has 2 N–H and O–H groups in total. The Morgan fingerprint density at radius 2 is 1.68 bits per heavy atom. The number of rotatable bonds is 5.